The molecule has 0 radical (unpaired) electrons. The first-order valence-electron chi connectivity index (χ1n) is 1.32. The maximum Gasteiger partial charge on any atom is 0.716 e. The largest absolute Gasteiger partial charge is 0.716 e. The molecule has 0 aliphatic heterocycles. The van der Waals surface area contributed by atoms with E-state index in [9.17, 15) is 12.3 Å². The Labute approximate surface area is 34.8 Å². The normalized spacial score (nSPS) is 12.0. The predicted molar refractivity (Wildman–Crippen MR) is 18.1 cm³/mol. The first-order valence-corrected chi connectivity index (χ1v) is 2.95. The third kappa shape index (κ3) is 3.97. The minimum atomic E-state index is -5.38. The van der Waals surface area contributed by atoms with Gasteiger partial charge in [0.2, 0.25) is 0 Å². The highest BCUT2D eigenvalue weighted by Crippen LogP contribution is 1.99. The van der Waals surface area contributed by atoms with Crippen LogP contribution in [0.15, 0.2) is 0 Å². The van der Waals surface area contributed by atoms with E-state index in [4.69, 9.17) is 0 Å². The molecule has 0 amide bonds. The van der Waals surface area contributed by atoms with Crippen molar-refractivity contribution in [2.45, 2.75) is 0 Å². The fraction of sp³-hybridized carbons (Fsp3) is 1.00. The van der Waals surface area contributed by atoms with Crippen molar-refractivity contribution in [1.29, 1.82) is 0 Å². The summed E-state index contributed by atoms with van der Waals surface area (Å²) in [6.45, 7) is 0. The van der Waals surface area contributed by atoms with E-state index < -0.39 is 9.24 Å². The van der Waals surface area contributed by atoms with Gasteiger partial charge in [-0.3, -0.25) is 4.98 Å². The maximum atomic E-state index is 10.8. The van der Waals surface area contributed by atoms with Crippen molar-refractivity contribution in [3.63, 3.8) is 0 Å². The molecule has 0 aliphatic carbocycles. The van der Waals surface area contributed by atoms with Crippen molar-refractivity contribution in [3.8, 4) is 0 Å². The van der Waals surface area contributed by atoms with Crippen molar-refractivity contribution < 1.29 is 12.3 Å². The number of nitrogens with one attached hydrogen (secondary N) is 1. The second-order valence-corrected chi connectivity index (χ2v) is 2.24. The molecule has 0 aromatic heterocycles. The number of hydrogen-bond donors (Lipinski definition) is 1. The van der Waals surface area contributed by atoms with Crippen LogP contribution in [-0.4, -0.2) is 16.3 Å². The van der Waals surface area contributed by atoms with Gasteiger partial charge in [0.15, 0.2) is 0 Å². The van der Waals surface area contributed by atoms with Crippen LogP contribution in [0.25, 0.3) is 0 Å². The van der Waals surface area contributed by atoms with E-state index in [2.05, 4.69) is 0 Å². The summed E-state index contributed by atoms with van der Waals surface area (Å²) in [7, 11) is -4.49. The lowest BCUT2D eigenvalue weighted by Crippen LogP contribution is -2.33. The summed E-state index contributed by atoms with van der Waals surface area (Å²) in [4.78, 5) is 1.24. The van der Waals surface area contributed by atoms with Crippen LogP contribution in [0, 0.1) is 0 Å². The van der Waals surface area contributed by atoms with Crippen LogP contribution in [0.1, 0.15) is 0 Å². The lowest BCUT2D eigenvalue weighted by atomic mass is 11.6. The summed E-state index contributed by atoms with van der Waals surface area (Å²) in [6.07, 6.45) is 0. The van der Waals surface area contributed by atoms with E-state index in [0.29, 0.717) is 0 Å². The second-order valence-electron chi connectivity index (χ2n) is 0.748. The van der Waals surface area contributed by atoms with E-state index in [-0.39, 0.29) is 0 Å². The van der Waals surface area contributed by atoms with Crippen molar-refractivity contribution in [1.82, 2.24) is 4.98 Å². The molecular weight excluding hydrogens is 111 g/mol. The Hall–Kier alpha value is -0.0331. The van der Waals surface area contributed by atoms with E-state index in [1.807, 2.05) is 0 Å². The zero-order chi connectivity index (χ0) is 5.21. The van der Waals surface area contributed by atoms with Crippen molar-refractivity contribution in [2.75, 3.05) is 7.05 Å². The topological polar surface area (TPSA) is 12.0 Å². The van der Waals surface area contributed by atoms with Crippen LogP contribution in [0.2, 0.25) is 0 Å². The molecule has 0 aromatic rings. The summed E-state index contributed by atoms with van der Waals surface area (Å²) in [5, 5.41) is 0. The van der Waals surface area contributed by atoms with Gasteiger partial charge in [-0.05, 0) is 7.05 Å². The summed E-state index contributed by atoms with van der Waals surface area (Å²) in [5.41, 5.74) is 0. The van der Waals surface area contributed by atoms with Crippen molar-refractivity contribution in [2.24, 2.45) is 0 Å². The minimum Gasteiger partial charge on any atom is -0.262 e. The Morgan fingerprint density at radius 1 is 1.33 bits per heavy atom. The third-order valence-corrected chi connectivity index (χ3v) is 0.850. The Balaban J connectivity index is 3.17. The molecule has 6 heavy (non-hydrogen) atoms. The van der Waals surface area contributed by atoms with Crippen LogP contribution in [0.3, 0.4) is 0 Å². The fourth-order valence-corrected chi connectivity index (χ4v) is 0. The van der Waals surface area contributed by atoms with E-state index in [1.54, 1.807) is 0 Å². The van der Waals surface area contributed by atoms with Gasteiger partial charge in [0.05, 0.1) is 0 Å². The molecule has 0 saturated carbocycles. The monoisotopic (exact) mass is 115 g/mol. The lowest BCUT2D eigenvalue weighted by molar-refractivity contribution is 0.449. The molecule has 5 heteroatoms. The molecule has 0 aliphatic rings. The fourth-order valence-electron chi connectivity index (χ4n) is 0. The minimum absolute atomic E-state index is 0.895. The number of halogens is 3. The molecule has 0 heterocycles. The molecular formula is CH4F3NSi. The summed E-state index contributed by atoms with van der Waals surface area (Å²) < 4.78 is 32.4. The number of hydrogen-bond acceptors (Lipinski definition) is 1. The average molecular weight is 115 g/mol. The van der Waals surface area contributed by atoms with Crippen LogP contribution in [0.5, 0.6) is 0 Å². The second kappa shape index (κ2) is 1.61. The Morgan fingerprint density at radius 3 is 1.50 bits per heavy atom. The quantitative estimate of drug-likeness (QED) is 0.388. The molecule has 0 spiro atoms. The molecule has 0 aromatic carbocycles. The van der Waals surface area contributed by atoms with Gasteiger partial charge in [-0.2, -0.15) is 0 Å². The standard InChI is InChI=1S/CH4F3NSi/c1-5-6(2,3)4/h5H,1H3. The van der Waals surface area contributed by atoms with Crippen LogP contribution in [0.4, 0.5) is 12.3 Å². The van der Waals surface area contributed by atoms with E-state index in [1.165, 1.54) is 4.98 Å². The highest BCUT2D eigenvalue weighted by Gasteiger charge is 2.34. The molecule has 0 fully saturated rings. The molecule has 1 N–H and O–H groups in total. The van der Waals surface area contributed by atoms with E-state index in [0.717, 1.165) is 7.05 Å². The molecule has 0 unspecified atom stereocenters. The Bertz CT molecular complexity index is 40.5. The van der Waals surface area contributed by atoms with Crippen molar-refractivity contribution in [3.05, 3.63) is 0 Å². The lowest BCUT2D eigenvalue weighted by Gasteiger charge is -1.92. The molecule has 0 atom stereocenters. The van der Waals surface area contributed by atoms with Gasteiger partial charge in [-0.1, -0.05) is 0 Å². The van der Waals surface area contributed by atoms with Gasteiger partial charge in [0, 0.05) is 0 Å². The zero-order valence-corrected chi connectivity index (χ0v) is 4.13. The van der Waals surface area contributed by atoms with E-state index >= 15 is 0 Å². The summed E-state index contributed by atoms with van der Waals surface area (Å²) in [5.74, 6) is 0. The number of rotatable bonds is 1. The Kier molecular flexibility index (Phi) is 1.60. The predicted octanol–water partition coefficient (Wildman–Crippen LogP) is 0.550. The summed E-state index contributed by atoms with van der Waals surface area (Å²) in [6, 6.07) is 0. The van der Waals surface area contributed by atoms with Gasteiger partial charge in [-0.15, -0.1) is 0 Å². The smallest absolute Gasteiger partial charge is 0.262 e. The third-order valence-electron chi connectivity index (χ3n) is 0.283. The first-order chi connectivity index (χ1) is 2.56. The van der Waals surface area contributed by atoms with Gasteiger partial charge in [0.1, 0.15) is 0 Å². The Morgan fingerprint density at radius 2 is 1.50 bits per heavy atom. The van der Waals surface area contributed by atoms with Crippen LogP contribution in [-0.2, 0) is 0 Å². The molecule has 1 nitrogen and oxygen atoms in total. The van der Waals surface area contributed by atoms with Crippen LogP contribution < -0.4 is 4.98 Å². The highest BCUT2D eigenvalue weighted by molar-refractivity contribution is 6.55. The molecule has 38 valence electrons. The maximum absolute atomic E-state index is 10.8. The average Bonchev–Trinajstić information content (AvgIpc) is 1.35. The zero-order valence-electron chi connectivity index (χ0n) is 3.13. The van der Waals surface area contributed by atoms with Gasteiger partial charge in [-0.25, -0.2) is 12.3 Å². The van der Waals surface area contributed by atoms with Crippen molar-refractivity contribution >= 4 is 9.24 Å². The first kappa shape index (κ1) is 5.97. The van der Waals surface area contributed by atoms with Gasteiger partial charge < -0.3 is 0 Å². The highest BCUT2D eigenvalue weighted by atomic mass is 28.5. The molecule has 0 bridgehead atoms. The SMILES string of the molecule is CN[Si](F)(F)F. The summed E-state index contributed by atoms with van der Waals surface area (Å²) >= 11 is 0. The molecule has 0 saturated heterocycles. The van der Waals surface area contributed by atoms with Crippen LogP contribution >= 0.6 is 0 Å². The molecule has 0 rings (SSSR count). The van der Waals surface area contributed by atoms with Gasteiger partial charge in [0.25, 0.3) is 0 Å². The van der Waals surface area contributed by atoms with Gasteiger partial charge >= 0.3 is 9.24 Å².